The maximum absolute atomic E-state index is 11.9. The zero-order valence-corrected chi connectivity index (χ0v) is 14.7. The molecule has 24 heavy (non-hydrogen) atoms. The smallest absolute Gasteiger partial charge is 0.174 e. The summed E-state index contributed by atoms with van der Waals surface area (Å²) in [5.74, 6) is 0.841. The van der Waals surface area contributed by atoms with Gasteiger partial charge in [0.05, 0.1) is 23.1 Å². The number of aliphatic hydroxyl groups is 1. The molecule has 4 rings (SSSR count). The first-order chi connectivity index (χ1) is 11.4. The van der Waals surface area contributed by atoms with Crippen LogP contribution in [0.2, 0.25) is 0 Å². The fourth-order valence-electron chi connectivity index (χ4n) is 5.58. The van der Waals surface area contributed by atoms with Crippen LogP contribution in [-0.2, 0) is 4.79 Å². The number of nitrogens with zero attached hydrogens (tertiary/aromatic N) is 1. The average Bonchev–Trinajstić information content (AvgIpc) is 2.82. The van der Waals surface area contributed by atoms with Gasteiger partial charge in [-0.1, -0.05) is 30.7 Å². The molecule has 0 aromatic rings. The standard InChI is InChI=1S/C20H22ClNO2/c1-19-8-6-13-12-4-5-17(23)18(21)15(12)3-2-14(13)16(19)7-9-20(19,24)10-11-22/h6,8,14,16,24H,2-5,7,9-10H2,1H3/t14-,16+,19+,20-/m1/s1. The summed E-state index contributed by atoms with van der Waals surface area (Å²) in [4.78, 5) is 11.9. The molecule has 0 spiro atoms. The highest BCUT2D eigenvalue weighted by Gasteiger charge is 2.59. The van der Waals surface area contributed by atoms with Crippen LogP contribution in [0.4, 0.5) is 0 Å². The van der Waals surface area contributed by atoms with Crippen LogP contribution in [0.3, 0.4) is 0 Å². The minimum absolute atomic E-state index is 0.0726. The van der Waals surface area contributed by atoms with Gasteiger partial charge in [-0.05, 0) is 60.7 Å². The predicted octanol–water partition coefficient (Wildman–Crippen LogP) is 4.18. The van der Waals surface area contributed by atoms with Crippen molar-refractivity contribution in [1.29, 1.82) is 5.26 Å². The highest BCUT2D eigenvalue weighted by Crippen LogP contribution is 2.61. The van der Waals surface area contributed by atoms with Crippen LogP contribution in [0.1, 0.15) is 51.9 Å². The first-order valence-electron chi connectivity index (χ1n) is 8.85. The van der Waals surface area contributed by atoms with Gasteiger partial charge in [0.2, 0.25) is 0 Å². The molecule has 1 N–H and O–H groups in total. The van der Waals surface area contributed by atoms with Crippen molar-refractivity contribution in [1.82, 2.24) is 0 Å². The van der Waals surface area contributed by atoms with Gasteiger partial charge in [0, 0.05) is 11.8 Å². The third-order valence-corrected chi connectivity index (χ3v) is 7.48. The highest BCUT2D eigenvalue weighted by atomic mass is 35.5. The Kier molecular flexibility index (Phi) is 3.57. The summed E-state index contributed by atoms with van der Waals surface area (Å²) in [6, 6.07) is 2.18. The first kappa shape index (κ1) is 16.1. The number of rotatable bonds is 1. The Bertz CT molecular complexity index is 756. The molecule has 0 saturated heterocycles. The van der Waals surface area contributed by atoms with Gasteiger partial charge >= 0.3 is 0 Å². The summed E-state index contributed by atoms with van der Waals surface area (Å²) in [7, 11) is 0. The van der Waals surface area contributed by atoms with Crippen molar-refractivity contribution in [3.63, 3.8) is 0 Å². The molecule has 3 nitrogen and oxygen atoms in total. The van der Waals surface area contributed by atoms with E-state index < -0.39 is 5.60 Å². The first-order valence-corrected chi connectivity index (χ1v) is 9.23. The van der Waals surface area contributed by atoms with Crippen molar-refractivity contribution in [2.75, 3.05) is 0 Å². The van der Waals surface area contributed by atoms with Crippen molar-refractivity contribution in [2.24, 2.45) is 17.3 Å². The average molecular weight is 344 g/mol. The summed E-state index contributed by atoms with van der Waals surface area (Å²) in [5, 5.41) is 20.7. The highest BCUT2D eigenvalue weighted by molar-refractivity contribution is 6.43. The number of ketones is 1. The molecule has 0 aromatic heterocycles. The minimum atomic E-state index is -0.921. The van der Waals surface area contributed by atoms with Crippen LogP contribution in [0.15, 0.2) is 33.9 Å². The number of carbonyl (C=O) groups excluding carboxylic acids is 1. The summed E-state index contributed by atoms with van der Waals surface area (Å²) < 4.78 is 0. The molecule has 4 aliphatic rings. The third kappa shape index (κ3) is 1.96. The fourth-order valence-corrected chi connectivity index (χ4v) is 5.88. The van der Waals surface area contributed by atoms with Crippen molar-refractivity contribution in [3.05, 3.63) is 33.9 Å². The van der Waals surface area contributed by atoms with Gasteiger partial charge in [-0.25, -0.2) is 0 Å². The van der Waals surface area contributed by atoms with Crippen LogP contribution < -0.4 is 0 Å². The van der Waals surface area contributed by atoms with Crippen molar-refractivity contribution >= 4 is 17.4 Å². The minimum Gasteiger partial charge on any atom is -0.388 e. The Morgan fingerprint density at radius 3 is 2.88 bits per heavy atom. The Hall–Kier alpha value is -1.37. The van der Waals surface area contributed by atoms with Crippen LogP contribution in [-0.4, -0.2) is 16.5 Å². The van der Waals surface area contributed by atoms with Crippen molar-refractivity contribution < 1.29 is 9.90 Å². The van der Waals surface area contributed by atoms with E-state index in [2.05, 4.69) is 25.1 Å². The van der Waals surface area contributed by atoms with E-state index in [-0.39, 0.29) is 17.6 Å². The third-order valence-electron chi connectivity index (χ3n) is 7.04. The van der Waals surface area contributed by atoms with E-state index in [1.54, 1.807) is 0 Å². The second-order valence-electron chi connectivity index (χ2n) is 7.92. The quantitative estimate of drug-likeness (QED) is 0.776. The van der Waals surface area contributed by atoms with E-state index in [0.717, 1.165) is 31.3 Å². The largest absolute Gasteiger partial charge is 0.388 e. The van der Waals surface area contributed by atoms with Gasteiger partial charge in [0.25, 0.3) is 0 Å². The molecule has 0 aliphatic heterocycles. The number of hydrogen-bond donors (Lipinski definition) is 1. The molecular formula is C20H22ClNO2. The number of halogens is 1. The van der Waals surface area contributed by atoms with Crippen LogP contribution in [0.25, 0.3) is 0 Å². The Balaban J connectivity index is 1.82. The Morgan fingerprint density at radius 1 is 1.33 bits per heavy atom. The molecule has 4 aliphatic carbocycles. The van der Waals surface area contributed by atoms with E-state index >= 15 is 0 Å². The van der Waals surface area contributed by atoms with E-state index in [0.29, 0.717) is 29.7 Å². The second kappa shape index (κ2) is 5.31. The van der Waals surface area contributed by atoms with E-state index in [9.17, 15) is 9.90 Å². The second-order valence-corrected chi connectivity index (χ2v) is 8.30. The molecule has 1 fully saturated rings. The molecule has 4 atom stereocenters. The predicted molar refractivity (Wildman–Crippen MR) is 92.0 cm³/mol. The molecule has 0 unspecified atom stereocenters. The lowest BCUT2D eigenvalue weighted by atomic mass is 9.58. The number of hydrogen-bond acceptors (Lipinski definition) is 3. The lowest BCUT2D eigenvalue weighted by Crippen LogP contribution is -2.47. The van der Waals surface area contributed by atoms with Crippen molar-refractivity contribution in [2.45, 2.75) is 57.5 Å². The summed E-state index contributed by atoms with van der Waals surface area (Å²) in [5.41, 5.74) is 2.38. The molecule has 4 heteroatoms. The molecule has 0 bridgehead atoms. The van der Waals surface area contributed by atoms with Gasteiger partial charge in [-0.2, -0.15) is 5.26 Å². The van der Waals surface area contributed by atoms with Gasteiger partial charge in [0.15, 0.2) is 5.78 Å². The van der Waals surface area contributed by atoms with Crippen LogP contribution >= 0.6 is 11.6 Å². The SMILES string of the molecule is C[C@]12C=CC3=C4CCC(=O)C(Cl)=C4CC[C@H]3[C@@H]1CC[C@@]2(O)CC#N. The van der Waals surface area contributed by atoms with Gasteiger partial charge < -0.3 is 5.11 Å². The zero-order chi connectivity index (χ0) is 17.1. The van der Waals surface area contributed by atoms with E-state index in [1.165, 1.54) is 11.1 Å². The number of allylic oxidation sites excluding steroid dienone is 5. The molecular weight excluding hydrogens is 322 g/mol. The maximum atomic E-state index is 11.9. The van der Waals surface area contributed by atoms with Gasteiger partial charge in [0.1, 0.15) is 0 Å². The van der Waals surface area contributed by atoms with Crippen LogP contribution in [0, 0.1) is 28.6 Å². The lowest BCUT2D eigenvalue weighted by Gasteiger charge is -2.48. The number of fused-ring (bicyclic) bond motifs is 4. The van der Waals surface area contributed by atoms with E-state index in [1.807, 2.05) is 0 Å². The fraction of sp³-hybridized carbons (Fsp3) is 0.600. The molecule has 0 radical (unpaired) electrons. The van der Waals surface area contributed by atoms with Gasteiger partial charge in [-0.15, -0.1) is 0 Å². The summed E-state index contributed by atoms with van der Waals surface area (Å²) in [6.45, 7) is 2.11. The molecule has 0 aromatic carbocycles. The Morgan fingerprint density at radius 2 is 2.12 bits per heavy atom. The number of nitriles is 1. The zero-order valence-electron chi connectivity index (χ0n) is 13.9. The van der Waals surface area contributed by atoms with Crippen molar-refractivity contribution in [3.8, 4) is 6.07 Å². The molecule has 126 valence electrons. The normalized spacial score (nSPS) is 41.0. The molecule has 1 saturated carbocycles. The topological polar surface area (TPSA) is 61.1 Å². The Labute approximate surface area is 147 Å². The summed E-state index contributed by atoms with van der Waals surface area (Å²) >= 11 is 6.29. The number of carbonyl (C=O) groups is 1. The monoisotopic (exact) mass is 343 g/mol. The van der Waals surface area contributed by atoms with Crippen LogP contribution in [0.5, 0.6) is 0 Å². The maximum Gasteiger partial charge on any atom is 0.174 e. The molecule has 0 heterocycles. The molecule has 0 amide bonds. The number of Topliss-reactive ketones (excluding diaryl/α,β-unsaturated/α-hetero) is 1. The van der Waals surface area contributed by atoms with E-state index in [4.69, 9.17) is 16.9 Å². The summed E-state index contributed by atoms with van der Waals surface area (Å²) in [6.07, 6.45) is 9.23. The lowest BCUT2D eigenvalue weighted by molar-refractivity contribution is -0.115. The van der Waals surface area contributed by atoms with Gasteiger partial charge in [-0.3, -0.25) is 4.79 Å².